The van der Waals surface area contributed by atoms with Crippen molar-refractivity contribution in [3.05, 3.63) is 200 Å². The van der Waals surface area contributed by atoms with Gasteiger partial charge in [-0.15, -0.1) is 0 Å². The maximum absolute atomic E-state index is 5.43. The second-order valence-electron chi connectivity index (χ2n) is 9.72. The van der Waals surface area contributed by atoms with Crippen LogP contribution in [0, 0.1) is 0 Å². The predicted molar refractivity (Wildman–Crippen MR) is 180 cm³/mol. The van der Waals surface area contributed by atoms with E-state index in [1.54, 1.807) is 0 Å². The Balaban J connectivity index is 0.000000207. The first-order chi connectivity index (χ1) is 20.2. The Morgan fingerprint density at radius 3 is 1.14 bits per heavy atom. The van der Waals surface area contributed by atoms with E-state index in [4.69, 9.17) is 4.74 Å². The van der Waals surface area contributed by atoms with Crippen molar-refractivity contribution >= 4 is 34.1 Å². The van der Waals surface area contributed by atoms with E-state index in [-0.39, 0.29) is 21.7 Å². The fourth-order valence-electron chi connectivity index (χ4n) is 4.88. The van der Waals surface area contributed by atoms with Gasteiger partial charge in [-0.25, -0.2) is 0 Å². The Morgan fingerprint density at radius 1 is 0.500 bits per heavy atom. The van der Waals surface area contributed by atoms with Crippen molar-refractivity contribution in [1.29, 1.82) is 0 Å². The molecule has 0 spiro atoms. The third-order valence-electron chi connectivity index (χ3n) is 7.03. The van der Waals surface area contributed by atoms with Gasteiger partial charge in [0.25, 0.3) is 0 Å². The van der Waals surface area contributed by atoms with Crippen LogP contribution in [0.1, 0.15) is 17.5 Å². The van der Waals surface area contributed by atoms with Crippen LogP contribution in [0.15, 0.2) is 193 Å². The van der Waals surface area contributed by atoms with Gasteiger partial charge in [-0.3, -0.25) is 4.74 Å². The molecule has 0 aromatic heterocycles. The zero-order valence-electron chi connectivity index (χ0n) is 23.7. The van der Waals surface area contributed by atoms with Crippen molar-refractivity contribution in [2.75, 3.05) is 0 Å². The van der Waals surface area contributed by atoms with Crippen molar-refractivity contribution < 1.29 is 21.7 Å². The molecule has 0 radical (unpaired) electrons. The molecule has 0 aliphatic heterocycles. The van der Waals surface area contributed by atoms with Gasteiger partial charge in [-0.2, -0.15) is 0 Å². The second-order valence-corrected chi connectivity index (χ2v) is 12.7. The summed E-state index contributed by atoms with van der Waals surface area (Å²) in [4.78, 5) is 0. The van der Waals surface area contributed by atoms with E-state index in [0.717, 1.165) is 34.4 Å². The van der Waals surface area contributed by atoms with Crippen molar-refractivity contribution in [3.8, 4) is 0 Å². The fraction of sp³-hybridized carbons (Fsp3) is 0.0256. The summed E-state index contributed by atoms with van der Waals surface area (Å²) in [6.07, 6.45) is 7.33. The molecule has 3 heteroatoms. The summed E-state index contributed by atoms with van der Waals surface area (Å²) in [5.74, 6) is 0. The van der Waals surface area contributed by atoms with Gasteiger partial charge >= 0.3 is 0 Å². The van der Waals surface area contributed by atoms with E-state index >= 15 is 0 Å². The zero-order valence-corrected chi connectivity index (χ0v) is 26.1. The molecule has 0 heterocycles. The van der Waals surface area contributed by atoms with Crippen LogP contribution < -0.4 is 15.9 Å². The van der Waals surface area contributed by atoms with Gasteiger partial charge in [-0.1, -0.05) is 177 Å². The van der Waals surface area contributed by atoms with Gasteiger partial charge < -0.3 is 0 Å². The molecule has 0 amide bonds. The molecule has 0 saturated carbocycles. The summed E-state index contributed by atoms with van der Waals surface area (Å²) in [5.41, 5.74) is 5.36. The smallest absolute Gasteiger partial charge is 0.0608 e. The monoisotopic (exact) mass is 595 g/mol. The summed E-state index contributed by atoms with van der Waals surface area (Å²) in [6, 6.07) is 52.5. The minimum Gasteiger partial charge on any atom is -0.258 e. The number of nitrogens with zero attached hydrogens (tertiary/aromatic N) is 1. The van der Waals surface area contributed by atoms with Gasteiger partial charge in [-0.05, 0) is 28.3 Å². The molecule has 0 unspecified atom stereocenters. The van der Waals surface area contributed by atoms with Crippen LogP contribution in [-0.4, -0.2) is 0 Å². The minimum absolute atomic E-state index is 0. The van der Waals surface area contributed by atoms with Gasteiger partial charge in [0.2, 0.25) is 0 Å². The number of hydrogen-bond donors (Lipinski definition) is 0. The fourth-order valence-corrected chi connectivity index (χ4v) is 8.47. The van der Waals surface area contributed by atoms with E-state index in [2.05, 4.69) is 147 Å². The molecule has 5 aromatic rings. The second kappa shape index (κ2) is 15.3. The quantitative estimate of drug-likeness (QED) is 0.101. The third-order valence-corrected chi connectivity index (χ3v) is 10.7. The maximum Gasteiger partial charge on any atom is 0.0608 e. The van der Waals surface area contributed by atoms with Crippen LogP contribution in [0.4, 0.5) is 0 Å². The van der Waals surface area contributed by atoms with E-state index in [1.165, 1.54) is 15.9 Å². The zero-order chi connectivity index (χ0) is 28.3. The minimum atomic E-state index is -2.09. The summed E-state index contributed by atoms with van der Waals surface area (Å²) in [6.45, 7) is 8.20. The molecule has 6 rings (SSSR count). The SMILES string of the molecule is C1=CCC(N=P(c2ccccc2)(c2ccccc2)c2ccccc2)=C1.C=C(C(=C)c1ccccc1)c1ccccc1.[Ti]. The number of hydrogen-bond acceptors (Lipinski definition) is 1. The van der Waals surface area contributed by atoms with Crippen LogP contribution in [0.5, 0.6) is 0 Å². The van der Waals surface area contributed by atoms with Crippen molar-refractivity contribution in [2.24, 2.45) is 4.74 Å². The van der Waals surface area contributed by atoms with Crippen LogP contribution in [0.25, 0.3) is 11.1 Å². The van der Waals surface area contributed by atoms with Crippen LogP contribution in [0.3, 0.4) is 0 Å². The van der Waals surface area contributed by atoms with E-state index in [9.17, 15) is 0 Å². The molecular formula is C39H34NPTi. The summed E-state index contributed by atoms with van der Waals surface area (Å²) >= 11 is 0. The Morgan fingerprint density at radius 2 is 0.833 bits per heavy atom. The Bertz CT molecular complexity index is 1550. The maximum atomic E-state index is 5.43. The molecule has 1 aliphatic rings. The first-order valence-corrected chi connectivity index (χ1v) is 15.6. The number of benzene rings is 5. The van der Waals surface area contributed by atoms with Crippen LogP contribution >= 0.6 is 7.05 Å². The average Bonchev–Trinajstić information content (AvgIpc) is 3.58. The Hall–Kier alpha value is -4.00. The number of allylic oxidation sites excluding steroid dienone is 5. The van der Waals surface area contributed by atoms with E-state index in [0.29, 0.717) is 0 Å². The molecule has 0 saturated heterocycles. The van der Waals surface area contributed by atoms with Gasteiger partial charge in [0, 0.05) is 49.7 Å². The first kappa shape index (κ1) is 31.0. The van der Waals surface area contributed by atoms with Crippen LogP contribution in [0.2, 0.25) is 0 Å². The summed E-state index contributed by atoms with van der Waals surface area (Å²) in [7, 11) is -2.09. The van der Waals surface area contributed by atoms with Gasteiger partial charge in [0.05, 0.1) is 7.05 Å². The molecule has 0 fully saturated rings. The molecule has 0 bridgehead atoms. The van der Waals surface area contributed by atoms with Crippen molar-refractivity contribution in [3.63, 3.8) is 0 Å². The molecule has 0 atom stereocenters. The summed E-state index contributed by atoms with van der Waals surface area (Å²) < 4.78 is 5.43. The summed E-state index contributed by atoms with van der Waals surface area (Å²) in [5, 5.41) is 3.88. The predicted octanol–water partition coefficient (Wildman–Crippen LogP) is 9.42. The van der Waals surface area contributed by atoms with Crippen LogP contribution in [-0.2, 0) is 21.7 Å². The molecular weight excluding hydrogens is 561 g/mol. The average molecular weight is 596 g/mol. The Labute approximate surface area is 265 Å². The third kappa shape index (κ3) is 7.25. The first-order valence-electron chi connectivity index (χ1n) is 13.8. The van der Waals surface area contributed by atoms with E-state index < -0.39 is 7.05 Å². The standard InChI is InChI=1S/C23H20NP.C16H14.Ti/c1-4-14-21(15-5-1)25(22-16-6-2-7-17-22,23-18-8-3-9-19-23)24-20-12-10-11-13-20;1-13(15-9-5-3-6-10-15)14(2)16-11-7-4-8-12-16;/h1-12,14-19H,13H2;3-12H,1-2H2;. The normalized spacial score (nSPS) is 11.8. The topological polar surface area (TPSA) is 12.4 Å². The van der Waals surface area contributed by atoms with Gasteiger partial charge in [0.15, 0.2) is 0 Å². The molecule has 1 nitrogen and oxygen atoms in total. The molecule has 42 heavy (non-hydrogen) atoms. The van der Waals surface area contributed by atoms with Gasteiger partial charge in [0.1, 0.15) is 0 Å². The largest absolute Gasteiger partial charge is 0.258 e. The van der Waals surface area contributed by atoms with Crippen molar-refractivity contribution in [1.82, 2.24) is 0 Å². The molecule has 0 N–H and O–H groups in total. The molecule has 5 aromatic carbocycles. The van der Waals surface area contributed by atoms with E-state index in [1.807, 2.05) is 36.4 Å². The van der Waals surface area contributed by atoms with Crippen molar-refractivity contribution in [2.45, 2.75) is 6.42 Å². The number of rotatable bonds is 7. The molecule has 204 valence electrons. The Kier molecular flexibility index (Phi) is 11.3. The molecule has 1 aliphatic carbocycles.